The summed E-state index contributed by atoms with van der Waals surface area (Å²) in [5, 5.41) is 7.15. The zero-order chi connectivity index (χ0) is 31.9. The van der Waals surface area contributed by atoms with Crippen molar-refractivity contribution in [1.82, 2.24) is 14.5 Å². The topological polar surface area (TPSA) is 42.7 Å². The first-order valence-corrected chi connectivity index (χ1v) is 16.2. The van der Waals surface area contributed by atoms with E-state index in [1.165, 1.54) is 32.9 Å². The summed E-state index contributed by atoms with van der Waals surface area (Å²) >= 11 is 0. The number of nitrogens with zero attached hydrogens (tertiary/aromatic N) is 3. The van der Waals surface area contributed by atoms with Crippen molar-refractivity contribution >= 4 is 44.2 Å². The van der Waals surface area contributed by atoms with Gasteiger partial charge in [-0.2, -0.15) is 0 Å². The molecule has 0 aliphatic heterocycles. The molecule has 9 rings (SSSR count). The van der Waals surface area contributed by atoms with Crippen LogP contribution in [0.2, 0.25) is 0 Å². The lowest BCUT2D eigenvalue weighted by Crippen LogP contribution is -2.00. The predicted molar refractivity (Wildman–Crippen MR) is 200 cm³/mol. The van der Waals surface area contributed by atoms with E-state index in [0.717, 1.165) is 44.8 Å². The van der Waals surface area contributed by atoms with Gasteiger partial charge in [-0.15, -0.1) is 0 Å². The van der Waals surface area contributed by atoms with Crippen molar-refractivity contribution in [3.63, 3.8) is 0 Å². The molecule has 4 nitrogen and oxygen atoms in total. The number of fused-ring (bicyclic) bond motifs is 4. The molecule has 1 N–H and O–H groups in total. The molecule has 0 unspecified atom stereocenters. The molecule has 0 spiro atoms. The fraction of sp³-hybridized carbons (Fsp3) is 0. The SMILES string of the molecule is c1ccc(-c2nc(Nc3ccccc3-c3cccc(-c4ccc5c(c4)c4ccccc4n5-c4ccccc4)c3)c3ccccc3n2)cc1. The number of benzene rings is 7. The van der Waals surface area contributed by atoms with E-state index >= 15 is 0 Å². The standard InChI is InChI=1S/C44H30N4/c1-3-14-30(15-4-1)43-45-40-24-11-8-22-37(40)44(47-43)46-39-23-10-7-20-35(39)33-17-13-16-31(28-33)32-26-27-42-38(29-32)36-21-9-12-25-41(36)48(42)34-18-5-2-6-19-34/h1-29H,(H,45,46,47). The molecule has 226 valence electrons. The molecule has 0 bridgehead atoms. The van der Waals surface area contributed by atoms with E-state index in [1.807, 2.05) is 48.5 Å². The number of nitrogens with one attached hydrogen (secondary N) is 1. The highest BCUT2D eigenvalue weighted by atomic mass is 15.0. The molecule has 0 aliphatic carbocycles. The van der Waals surface area contributed by atoms with E-state index in [9.17, 15) is 0 Å². The summed E-state index contributed by atoms with van der Waals surface area (Å²) in [6.45, 7) is 0. The second-order valence-corrected chi connectivity index (χ2v) is 12.0. The maximum Gasteiger partial charge on any atom is 0.162 e. The van der Waals surface area contributed by atoms with Crippen LogP contribution >= 0.6 is 0 Å². The minimum absolute atomic E-state index is 0.695. The van der Waals surface area contributed by atoms with Gasteiger partial charge in [-0.25, -0.2) is 9.97 Å². The molecular formula is C44H30N4. The molecule has 0 atom stereocenters. The van der Waals surface area contributed by atoms with Gasteiger partial charge < -0.3 is 9.88 Å². The van der Waals surface area contributed by atoms with Gasteiger partial charge in [0, 0.05) is 38.7 Å². The van der Waals surface area contributed by atoms with E-state index in [1.54, 1.807) is 0 Å². The lowest BCUT2D eigenvalue weighted by molar-refractivity contribution is 1.18. The smallest absolute Gasteiger partial charge is 0.162 e. The molecule has 0 radical (unpaired) electrons. The summed E-state index contributed by atoms with van der Waals surface area (Å²) in [6.07, 6.45) is 0. The van der Waals surface area contributed by atoms with Gasteiger partial charge in [0.1, 0.15) is 5.82 Å². The van der Waals surface area contributed by atoms with Crippen molar-refractivity contribution in [2.75, 3.05) is 5.32 Å². The fourth-order valence-corrected chi connectivity index (χ4v) is 6.73. The highest BCUT2D eigenvalue weighted by Gasteiger charge is 2.15. The van der Waals surface area contributed by atoms with E-state index < -0.39 is 0 Å². The molecular weight excluding hydrogens is 585 g/mol. The van der Waals surface area contributed by atoms with Crippen LogP contribution in [0.5, 0.6) is 0 Å². The van der Waals surface area contributed by atoms with Crippen molar-refractivity contribution in [1.29, 1.82) is 0 Å². The third-order valence-electron chi connectivity index (χ3n) is 9.01. The van der Waals surface area contributed by atoms with Crippen molar-refractivity contribution in [3.05, 3.63) is 176 Å². The van der Waals surface area contributed by atoms with Crippen LogP contribution in [-0.2, 0) is 0 Å². The fourth-order valence-electron chi connectivity index (χ4n) is 6.73. The van der Waals surface area contributed by atoms with Gasteiger partial charge in [0.2, 0.25) is 0 Å². The summed E-state index contributed by atoms with van der Waals surface area (Å²) in [5.74, 6) is 1.48. The highest BCUT2D eigenvalue weighted by Crippen LogP contribution is 2.38. The molecule has 7 aromatic carbocycles. The minimum atomic E-state index is 0.695. The third kappa shape index (κ3) is 4.88. The molecule has 0 saturated carbocycles. The molecule has 48 heavy (non-hydrogen) atoms. The van der Waals surface area contributed by atoms with Crippen molar-refractivity contribution in [2.45, 2.75) is 0 Å². The Morgan fingerprint density at radius 3 is 1.94 bits per heavy atom. The summed E-state index contributed by atoms with van der Waals surface area (Å²) in [6, 6.07) is 61.6. The summed E-state index contributed by atoms with van der Waals surface area (Å²) < 4.78 is 2.35. The van der Waals surface area contributed by atoms with Crippen LogP contribution in [0.4, 0.5) is 11.5 Å². The maximum atomic E-state index is 5.02. The zero-order valence-electron chi connectivity index (χ0n) is 26.1. The Kier molecular flexibility index (Phi) is 6.76. The average molecular weight is 615 g/mol. The largest absolute Gasteiger partial charge is 0.339 e. The Bertz CT molecular complexity index is 2590. The summed E-state index contributed by atoms with van der Waals surface area (Å²) in [5.41, 5.74) is 11.0. The summed E-state index contributed by atoms with van der Waals surface area (Å²) in [4.78, 5) is 9.90. The number of anilines is 2. The highest BCUT2D eigenvalue weighted by molar-refractivity contribution is 6.10. The van der Waals surface area contributed by atoms with E-state index in [4.69, 9.17) is 9.97 Å². The molecule has 2 aromatic heterocycles. The Morgan fingerprint density at radius 1 is 0.417 bits per heavy atom. The van der Waals surface area contributed by atoms with Gasteiger partial charge in [0.05, 0.1) is 16.6 Å². The first-order valence-electron chi connectivity index (χ1n) is 16.2. The van der Waals surface area contributed by atoms with Crippen LogP contribution < -0.4 is 5.32 Å². The molecule has 0 aliphatic rings. The number of hydrogen-bond acceptors (Lipinski definition) is 3. The Balaban J connectivity index is 1.13. The van der Waals surface area contributed by atoms with Crippen molar-refractivity contribution in [2.24, 2.45) is 0 Å². The normalized spacial score (nSPS) is 11.3. The van der Waals surface area contributed by atoms with Gasteiger partial charge >= 0.3 is 0 Å². The maximum absolute atomic E-state index is 5.02. The molecule has 0 amide bonds. The van der Waals surface area contributed by atoms with Gasteiger partial charge in [-0.3, -0.25) is 0 Å². The molecule has 0 fully saturated rings. The average Bonchev–Trinajstić information content (AvgIpc) is 3.49. The number of rotatable bonds is 6. The zero-order valence-corrected chi connectivity index (χ0v) is 26.1. The van der Waals surface area contributed by atoms with Crippen LogP contribution in [-0.4, -0.2) is 14.5 Å². The first kappa shape index (κ1) is 27.8. The van der Waals surface area contributed by atoms with Gasteiger partial charge in [0.25, 0.3) is 0 Å². The second kappa shape index (κ2) is 11.7. The predicted octanol–water partition coefficient (Wildman–Crippen LogP) is 11.5. The van der Waals surface area contributed by atoms with Crippen LogP contribution in [0.3, 0.4) is 0 Å². The van der Waals surface area contributed by atoms with E-state index in [0.29, 0.717) is 5.82 Å². The van der Waals surface area contributed by atoms with Crippen LogP contribution in [0.15, 0.2) is 176 Å². The minimum Gasteiger partial charge on any atom is -0.339 e. The van der Waals surface area contributed by atoms with E-state index in [2.05, 4.69) is 137 Å². The lowest BCUT2D eigenvalue weighted by atomic mass is 9.97. The lowest BCUT2D eigenvalue weighted by Gasteiger charge is -2.15. The van der Waals surface area contributed by atoms with Crippen molar-refractivity contribution < 1.29 is 0 Å². The van der Waals surface area contributed by atoms with E-state index in [-0.39, 0.29) is 0 Å². The monoisotopic (exact) mass is 614 g/mol. The third-order valence-corrected chi connectivity index (χ3v) is 9.01. The molecule has 9 aromatic rings. The molecule has 0 saturated heterocycles. The van der Waals surface area contributed by atoms with Gasteiger partial charge in [-0.05, 0) is 71.3 Å². The Hall–Kier alpha value is -6.52. The van der Waals surface area contributed by atoms with Crippen LogP contribution in [0.1, 0.15) is 0 Å². The molecule has 2 heterocycles. The second-order valence-electron chi connectivity index (χ2n) is 12.0. The number of hydrogen-bond donors (Lipinski definition) is 1. The van der Waals surface area contributed by atoms with Gasteiger partial charge in [0.15, 0.2) is 5.82 Å². The number of para-hydroxylation sites is 4. The summed E-state index contributed by atoms with van der Waals surface area (Å²) in [7, 11) is 0. The number of aromatic nitrogens is 3. The Labute approximate surface area is 278 Å². The van der Waals surface area contributed by atoms with Crippen molar-refractivity contribution in [3.8, 4) is 39.3 Å². The quantitative estimate of drug-likeness (QED) is 0.203. The molecule has 4 heteroatoms. The van der Waals surface area contributed by atoms with Crippen LogP contribution in [0.25, 0.3) is 72.0 Å². The van der Waals surface area contributed by atoms with Crippen LogP contribution in [0, 0.1) is 0 Å². The van der Waals surface area contributed by atoms with Gasteiger partial charge in [-0.1, -0.05) is 121 Å². The first-order chi connectivity index (χ1) is 23.8. The Morgan fingerprint density at radius 2 is 1.06 bits per heavy atom.